The predicted octanol–water partition coefficient (Wildman–Crippen LogP) is 1.64. The fourth-order valence-corrected chi connectivity index (χ4v) is 1.75. The fraction of sp³-hybridized carbons (Fsp3) is 0.455. The van der Waals surface area contributed by atoms with Gasteiger partial charge in [0, 0.05) is 19.4 Å². The Labute approximate surface area is 83.5 Å². The molecular formula is C11H14N2O. The number of aromatic nitrogens is 2. The first kappa shape index (κ1) is 9.19. The third kappa shape index (κ3) is 1.76. The normalized spacial score (nSPS) is 15.6. The molecule has 0 aromatic carbocycles. The van der Waals surface area contributed by atoms with Gasteiger partial charge in [-0.3, -0.25) is 4.79 Å². The highest BCUT2D eigenvalue weighted by atomic mass is 16.1. The lowest BCUT2D eigenvalue weighted by atomic mass is 10.1. The molecule has 1 aromatic rings. The summed E-state index contributed by atoms with van der Waals surface area (Å²) in [4.78, 5) is 15.9. The Hall–Kier alpha value is -1.38. The van der Waals surface area contributed by atoms with E-state index in [1.54, 1.807) is 6.20 Å². The molecule has 1 aliphatic rings. The van der Waals surface area contributed by atoms with Crippen molar-refractivity contribution in [1.82, 2.24) is 9.55 Å². The van der Waals surface area contributed by atoms with E-state index in [0.717, 1.165) is 30.7 Å². The first-order chi connectivity index (χ1) is 6.77. The summed E-state index contributed by atoms with van der Waals surface area (Å²) in [5.41, 5.74) is 0.994. The summed E-state index contributed by atoms with van der Waals surface area (Å²) in [5, 5.41) is 0. The molecule has 3 heteroatoms. The Bertz CT molecular complexity index is 376. The van der Waals surface area contributed by atoms with Crippen LogP contribution in [-0.2, 0) is 18.3 Å². The van der Waals surface area contributed by atoms with Gasteiger partial charge in [0.25, 0.3) is 0 Å². The largest absolute Gasteiger partial charge is 0.338 e. The van der Waals surface area contributed by atoms with Crippen LogP contribution in [0, 0.1) is 0 Å². The molecule has 0 atom stereocenters. The first-order valence-electron chi connectivity index (χ1n) is 4.96. The van der Waals surface area contributed by atoms with Gasteiger partial charge in [-0.25, -0.2) is 4.98 Å². The van der Waals surface area contributed by atoms with Gasteiger partial charge in [-0.2, -0.15) is 0 Å². The Balaban J connectivity index is 2.04. The Kier molecular flexibility index (Phi) is 2.48. The van der Waals surface area contributed by atoms with Crippen molar-refractivity contribution in [2.45, 2.75) is 25.7 Å². The number of ketones is 1. The number of allylic oxidation sites excluding steroid dienone is 2. The molecule has 1 aliphatic carbocycles. The summed E-state index contributed by atoms with van der Waals surface area (Å²) < 4.78 is 1.90. The number of carbonyl (C=O) groups is 1. The minimum absolute atomic E-state index is 0.233. The Morgan fingerprint density at radius 2 is 2.50 bits per heavy atom. The number of imidazole rings is 1. The van der Waals surface area contributed by atoms with Crippen molar-refractivity contribution in [1.29, 1.82) is 0 Å². The Morgan fingerprint density at radius 3 is 3.07 bits per heavy atom. The van der Waals surface area contributed by atoms with E-state index >= 15 is 0 Å². The van der Waals surface area contributed by atoms with Crippen LogP contribution < -0.4 is 0 Å². The van der Waals surface area contributed by atoms with Crippen molar-refractivity contribution in [3.8, 4) is 0 Å². The van der Waals surface area contributed by atoms with Crippen molar-refractivity contribution in [3.05, 3.63) is 29.9 Å². The van der Waals surface area contributed by atoms with E-state index in [-0.39, 0.29) is 5.78 Å². The van der Waals surface area contributed by atoms with Crippen molar-refractivity contribution >= 4 is 5.78 Å². The number of carbonyl (C=O) groups excluding carboxylic acids is 1. The van der Waals surface area contributed by atoms with Gasteiger partial charge in [0.2, 0.25) is 0 Å². The SMILES string of the molecule is Cn1ccnc1CC(=O)C1=CCCC1. The minimum Gasteiger partial charge on any atom is -0.338 e. The van der Waals surface area contributed by atoms with Gasteiger partial charge in [-0.1, -0.05) is 6.08 Å². The average Bonchev–Trinajstić information content (AvgIpc) is 2.77. The maximum Gasteiger partial charge on any atom is 0.166 e. The quantitative estimate of drug-likeness (QED) is 0.726. The minimum atomic E-state index is 0.233. The highest BCUT2D eigenvalue weighted by Crippen LogP contribution is 2.19. The molecule has 14 heavy (non-hydrogen) atoms. The van der Waals surface area contributed by atoms with Crippen LogP contribution in [0.15, 0.2) is 24.0 Å². The number of hydrogen-bond acceptors (Lipinski definition) is 2. The maximum absolute atomic E-state index is 11.7. The van der Waals surface area contributed by atoms with E-state index in [0.29, 0.717) is 6.42 Å². The van der Waals surface area contributed by atoms with Gasteiger partial charge in [0.1, 0.15) is 5.82 Å². The van der Waals surface area contributed by atoms with Crippen LogP contribution in [0.4, 0.5) is 0 Å². The van der Waals surface area contributed by atoms with Crippen LogP contribution in [0.5, 0.6) is 0 Å². The number of rotatable bonds is 3. The predicted molar refractivity (Wildman–Crippen MR) is 53.9 cm³/mol. The summed E-state index contributed by atoms with van der Waals surface area (Å²) in [6.07, 6.45) is 9.23. The first-order valence-corrected chi connectivity index (χ1v) is 4.96. The van der Waals surface area contributed by atoms with Gasteiger partial charge >= 0.3 is 0 Å². The number of nitrogens with zero attached hydrogens (tertiary/aromatic N) is 2. The fourth-order valence-electron chi connectivity index (χ4n) is 1.75. The number of aryl methyl sites for hydroxylation is 1. The maximum atomic E-state index is 11.7. The van der Waals surface area contributed by atoms with E-state index < -0.39 is 0 Å². The second-order valence-corrected chi connectivity index (χ2v) is 3.68. The van der Waals surface area contributed by atoms with Crippen LogP contribution in [0.3, 0.4) is 0 Å². The van der Waals surface area contributed by atoms with Crippen molar-refractivity contribution in [2.75, 3.05) is 0 Å². The highest BCUT2D eigenvalue weighted by molar-refractivity contribution is 5.96. The Morgan fingerprint density at radius 1 is 1.64 bits per heavy atom. The molecule has 0 unspecified atom stereocenters. The smallest absolute Gasteiger partial charge is 0.166 e. The second-order valence-electron chi connectivity index (χ2n) is 3.68. The van der Waals surface area contributed by atoms with Crippen LogP contribution >= 0.6 is 0 Å². The average molecular weight is 190 g/mol. The topological polar surface area (TPSA) is 34.9 Å². The van der Waals surface area contributed by atoms with Gasteiger partial charge < -0.3 is 4.57 Å². The van der Waals surface area contributed by atoms with Gasteiger partial charge in [-0.15, -0.1) is 0 Å². The molecule has 0 radical (unpaired) electrons. The zero-order chi connectivity index (χ0) is 9.97. The van der Waals surface area contributed by atoms with Crippen LogP contribution in [0.25, 0.3) is 0 Å². The van der Waals surface area contributed by atoms with Crippen molar-refractivity contribution in [2.24, 2.45) is 7.05 Å². The second kappa shape index (κ2) is 3.78. The van der Waals surface area contributed by atoms with E-state index in [9.17, 15) is 4.79 Å². The standard InChI is InChI=1S/C11H14N2O/c1-13-7-6-12-11(13)8-10(14)9-4-2-3-5-9/h4,6-7H,2-3,5,8H2,1H3. The molecule has 3 nitrogen and oxygen atoms in total. The zero-order valence-corrected chi connectivity index (χ0v) is 8.36. The lowest BCUT2D eigenvalue weighted by Gasteiger charge is -2.01. The zero-order valence-electron chi connectivity index (χ0n) is 8.36. The van der Waals surface area contributed by atoms with Crippen molar-refractivity contribution < 1.29 is 4.79 Å². The monoisotopic (exact) mass is 190 g/mol. The van der Waals surface area contributed by atoms with Gasteiger partial charge in [-0.05, 0) is 24.8 Å². The van der Waals surface area contributed by atoms with E-state index in [4.69, 9.17) is 0 Å². The van der Waals surface area contributed by atoms with Gasteiger partial charge in [0.05, 0.1) is 6.42 Å². The summed E-state index contributed by atoms with van der Waals surface area (Å²) >= 11 is 0. The van der Waals surface area contributed by atoms with Crippen molar-refractivity contribution in [3.63, 3.8) is 0 Å². The number of Topliss-reactive ketones (excluding diaryl/α,β-unsaturated/α-hetero) is 1. The molecule has 74 valence electrons. The highest BCUT2D eigenvalue weighted by Gasteiger charge is 2.15. The molecule has 0 aliphatic heterocycles. The third-order valence-corrected chi connectivity index (χ3v) is 2.64. The summed E-state index contributed by atoms with van der Waals surface area (Å²) in [7, 11) is 1.92. The summed E-state index contributed by atoms with van der Waals surface area (Å²) in [6.45, 7) is 0. The molecular weight excluding hydrogens is 176 g/mol. The molecule has 0 saturated heterocycles. The molecule has 0 saturated carbocycles. The molecule has 0 spiro atoms. The van der Waals surface area contributed by atoms with E-state index in [1.807, 2.05) is 17.8 Å². The molecule has 0 N–H and O–H groups in total. The van der Waals surface area contributed by atoms with E-state index in [2.05, 4.69) is 11.1 Å². The lowest BCUT2D eigenvalue weighted by molar-refractivity contribution is -0.115. The molecule has 1 heterocycles. The van der Waals surface area contributed by atoms with Gasteiger partial charge in [0.15, 0.2) is 5.78 Å². The molecule has 0 amide bonds. The third-order valence-electron chi connectivity index (χ3n) is 2.64. The van der Waals surface area contributed by atoms with Crippen LogP contribution in [0.1, 0.15) is 25.1 Å². The van der Waals surface area contributed by atoms with E-state index in [1.165, 1.54) is 0 Å². The lowest BCUT2D eigenvalue weighted by Crippen LogP contribution is -2.09. The molecule has 0 bridgehead atoms. The summed E-state index contributed by atoms with van der Waals surface area (Å²) in [5.74, 6) is 1.08. The van der Waals surface area contributed by atoms with Crippen LogP contribution in [0.2, 0.25) is 0 Å². The molecule has 2 rings (SSSR count). The number of hydrogen-bond donors (Lipinski definition) is 0. The summed E-state index contributed by atoms with van der Waals surface area (Å²) in [6, 6.07) is 0. The molecule has 0 fully saturated rings. The van der Waals surface area contributed by atoms with Crippen LogP contribution in [-0.4, -0.2) is 15.3 Å². The molecule has 1 aromatic heterocycles.